The number of halogens is 1. The van der Waals surface area contributed by atoms with E-state index in [1.807, 2.05) is 0 Å². The molecular formula is C7H11FN4O2. The summed E-state index contributed by atoms with van der Waals surface area (Å²) in [5.74, 6) is -0.0621. The smallest absolute Gasteiger partial charge is 0.359 e. The lowest BCUT2D eigenvalue weighted by atomic mass is 10.4. The number of hydrogen-bond donors (Lipinski definition) is 1. The van der Waals surface area contributed by atoms with E-state index in [1.54, 1.807) is 14.0 Å². The molecule has 0 aliphatic heterocycles. The Balaban J connectivity index is 2.93. The third kappa shape index (κ3) is 1.98. The highest BCUT2D eigenvalue weighted by atomic mass is 19.1. The number of anilines is 1. The minimum Gasteiger partial charge on any atom is -0.359 e. The molecule has 0 saturated carbocycles. The number of nitrogens with zero attached hydrogens (tertiary/aromatic N) is 3. The Morgan fingerprint density at radius 3 is 3.00 bits per heavy atom. The molecule has 1 atom stereocenters. The van der Waals surface area contributed by atoms with E-state index in [0.717, 1.165) is 0 Å². The van der Waals surface area contributed by atoms with E-state index in [2.05, 4.69) is 10.3 Å². The van der Waals surface area contributed by atoms with Crippen molar-refractivity contribution in [1.29, 1.82) is 0 Å². The Hall–Kier alpha value is -1.66. The molecule has 0 aliphatic rings. The molecule has 1 N–H and O–H groups in total. The molecule has 0 bridgehead atoms. The Kier molecular flexibility index (Phi) is 3.00. The normalized spacial score (nSPS) is 12.5. The van der Waals surface area contributed by atoms with Gasteiger partial charge in [0.15, 0.2) is 0 Å². The van der Waals surface area contributed by atoms with Gasteiger partial charge in [-0.05, 0) is 16.8 Å². The van der Waals surface area contributed by atoms with Crippen molar-refractivity contribution in [3.05, 3.63) is 16.4 Å². The average molecular weight is 202 g/mol. The van der Waals surface area contributed by atoms with Crippen molar-refractivity contribution in [2.24, 2.45) is 7.05 Å². The fourth-order valence-corrected chi connectivity index (χ4v) is 0.990. The Bertz CT molecular complexity index is 338. The van der Waals surface area contributed by atoms with Crippen molar-refractivity contribution in [3.8, 4) is 0 Å². The molecule has 1 aromatic heterocycles. The Labute approximate surface area is 79.9 Å². The average Bonchev–Trinajstić information content (AvgIpc) is 2.48. The molecule has 1 heterocycles. The largest absolute Gasteiger partial charge is 0.406 e. The number of nitrogens with one attached hydrogen (secondary N) is 1. The van der Waals surface area contributed by atoms with Crippen LogP contribution in [0.15, 0.2) is 6.33 Å². The highest BCUT2D eigenvalue weighted by molar-refractivity contribution is 5.52. The first-order valence-electron chi connectivity index (χ1n) is 4.04. The molecule has 7 heteroatoms. The second-order valence-corrected chi connectivity index (χ2v) is 2.98. The van der Waals surface area contributed by atoms with E-state index in [0.29, 0.717) is 0 Å². The standard InChI is InChI=1S/C7H11FN4O2/c1-5(3-8)10-7-6(12(13)14)9-4-11(7)2/h4-5,10H,3H2,1-2H3/t5-/m0/s1. The summed E-state index contributed by atoms with van der Waals surface area (Å²) in [5.41, 5.74) is 0. The topological polar surface area (TPSA) is 73.0 Å². The van der Waals surface area contributed by atoms with E-state index < -0.39 is 17.6 Å². The molecule has 0 aliphatic carbocycles. The van der Waals surface area contributed by atoms with Gasteiger partial charge in [-0.15, -0.1) is 0 Å². The molecule has 1 aromatic rings. The van der Waals surface area contributed by atoms with Gasteiger partial charge in [-0.2, -0.15) is 0 Å². The summed E-state index contributed by atoms with van der Waals surface area (Å²) in [7, 11) is 1.60. The van der Waals surface area contributed by atoms with Crippen LogP contribution in [0.2, 0.25) is 0 Å². The highest BCUT2D eigenvalue weighted by Crippen LogP contribution is 2.21. The fourth-order valence-electron chi connectivity index (χ4n) is 0.990. The van der Waals surface area contributed by atoms with Crippen LogP contribution >= 0.6 is 0 Å². The summed E-state index contributed by atoms with van der Waals surface area (Å²) in [5, 5.41) is 13.2. The van der Waals surface area contributed by atoms with E-state index in [-0.39, 0.29) is 11.6 Å². The molecular weight excluding hydrogens is 191 g/mol. The number of hydrogen-bond acceptors (Lipinski definition) is 4. The maximum absolute atomic E-state index is 12.2. The highest BCUT2D eigenvalue weighted by Gasteiger charge is 2.20. The maximum Gasteiger partial charge on any atom is 0.406 e. The lowest BCUT2D eigenvalue weighted by molar-refractivity contribution is -0.388. The van der Waals surface area contributed by atoms with Gasteiger partial charge >= 0.3 is 5.82 Å². The zero-order valence-corrected chi connectivity index (χ0v) is 7.90. The van der Waals surface area contributed by atoms with Crippen LogP contribution in [-0.2, 0) is 7.05 Å². The second kappa shape index (κ2) is 4.03. The van der Waals surface area contributed by atoms with Gasteiger partial charge in [-0.3, -0.25) is 4.57 Å². The van der Waals surface area contributed by atoms with Gasteiger partial charge in [0.05, 0.1) is 6.04 Å². The molecule has 0 radical (unpaired) electrons. The lowest BCUT2D eigenvalue weighted by Gasteiger charge is -2.10. The minimum absolute atomic E-state index is 0.222. The van der Waals surface area contributed by atoms with E-state index in [4.69, 9.17) is 0 Å². The molecule has 6 nitrogen and oxygen atoms in total. The predicted octanol–water partition coefficient (Wildman–Crippen LogP) is 1.10. The monoisotopic (exact) mass is 202 g/mol. The van der Waals surface area contributed by atoms with Crippen LogP contribution < -0.4 is 5.32 Å². The minimum atomic E-state index is -0.604. The van der Waals surface area contributed by atoms with Gasteiger partial charge < -0.3 is 15.4 Å². The molecule has 0 unspecified atom stereocenters. The number of aromatic nitrogens is 2. The van der Waals surface area contributed by atoms with Crippen molar-refractivity contribution in [3.63, 3.8) is 0 Å². The second-order valence-electron chi connectivity index (χ2n) is 2.98. The lowest BCUT2D eigenvalue weighted by Crippen LogP contribution is -2.19. The van der Waals surface area contributed by atoms with Gasteiger partial charge in [-0.1, -0.05) is 0 Å². The predicted molar refractivity (Wildman–Crippen MR) is 48.9 cm³/mol. The Morgan fingerprint density at radius 1 is 1.86 bits per heavy atom. The first kappa shape index (κ1) is 10.4. The van der Waals surface area contributed by atoms with Crippen molar-refractivity contribution < 1.29 is 9.31 Å². The molecule has 0 saturated heterocycles. The van der Waals surface area contributed by atoms with Crippen LogP contribution in [0.4, 0.5) is 16.0 Å². The summed E-state index contributed by atoms with van der Waals surface area (Å²) in [6.07, 6.45) is 1.31. The van der Waals surface area contributed by atoms with Crippen LogP contribution in [-0.4, -0.2) is 27.2 Å². The zero-order chi connectivity index (χ0) is 10.7. The quantitative estimate of drug-likeness (QED) is 0.586. The number of aryl methyl sites for hydroxylation is 1. The zero-order valence-electron chi connectivity index (χ0n) is 7.90. The number of alkyl halides is 1. The van der Waals surface area contributed by atoms with Crippen molar-refractivity contribution >= 4 is 11.6 Å². The first-order valence-corrected chi connectivity index (χ1v) is 4.04. The molecule has 0 aromatic carbocycles. The number of imidazole rings is 1. The molecule has 78 valence electrons. The molecule has 0 spiro atoms. The van der Waals surface area contributed by atoms with Crippen LogP contribution in [0.1, 0.15) is 6.92 Å². The molecule has 14 heavy (non-hydrogen) atoms. The van der Waals surface area contributed by atoms with Crippen LogP contribution in [0.3, 0.4) is 0 Å². The van der Waals surface area contributed by atoms with Crippen LogP contribution in [0, 0.1) is 10.1 Å². The Morgan fingerprint density at radius 2 is 2.50 bits per heavy atom. The fraction of sp³-hybridized carbons (Fsp3) is 0.571. The molecule has 0 amide bonds. The summed E-state index contributed by atoms with van der Waals surface area (Å²) in [4.78, 5) is 13.5. The summed E-state index contributed by atoms with van der Waals surface area (Å²) in [6, 6.07) is -0.468. The van der Waals surface area contributed by atoms with Crippen molar-refractivity contribution in [2.75, 3.05) is 12.0 Å². The SMILES string of the molecule is C[C@@H](CF)Nc1c([N+](=O)[O-])ncn1C. The summed E-state index contributed by atoms with van der Waals surface area (Å²) < 4.78 is 13.6. The van der Waals surface area contributed by atoms with Gasteiger partial charge in [0, 0.05) is 7.05 Å². The summed E-state index contributed by atoms with van der Waals surface area (Å²) >= 11 is 0. The third-order valence-corrected chi connectivity index (χ3v) is 1.71. The van der Waals surface area contributed by atoms with Gasteiger partial charge in [0.1, 0.15) is 6.67 Å². The third-order valence-electron chi connectivity index (χ3n) is 1.71. The molecule has 1 rings (SSSR count). The number of nitro groups is 1. The van der Waals surface area contributed by atoms with E-state index in [1.165, 1.54) is 10.9 Å². The first-order chi connectivity index (χ1) is 6.56. The van der Waals surface area contributed by atoms with Crippen LogP contribution in [0.5, 0.6) is 0 Å². The van der Waals surface area contributed by atoms with Gasteiger partial charge in [0.2, 0.25) is 12.1 Å². The van der Waals surface area contributed by atoms with Crippen molar-refractivity contribution in [2.45, 2.75) is 13.0 Å². The van der Waals surface area contributed by atoms with Crippen molar-refractivity contribution in [1.82, 2.24) is 9.55 Å². The number of rotatable bonds is 4. The summed E-state index contributed by atoms with van der Waals surface area (Å²) in [6.45, 7) is 0.999. The van der Waals surface area contributed by atoms with Gasteiger partial charge in [0.25, 0.3) is 0 Å². The van der Waals surface area contributed by atoms with Crippen LogP contribution in [0.25, 0.3) is 0 Å². The van der Waals surface area contributed by atoms with E-state index >= 15 is 0 Å². The van der Waals surface area contributed by atoms with E-state index in [9.17, 15) is 14.5 Å². The van der Waals surface area contributed by atoms with Gasteiger partial charge in [-0.25, -0.2) is 4.39 Å². The molecule has 0 fully saturated rings. The maximum atomic E-state index is 12.2.